The SMILES string of the molecule is Cc1ccc(-c2cc(-c3ccc(F)cc3)cc(-c3ccc4c(c3)N(CC(=O)NN)C(=O)CO4)n2)cc1. The summed E-state index contributed by atoms with van der Waals surface area (Å²) in [6.07, 6.45) is 0. The van der Waals surface area contributed by atoms with E-state index in [0.29, 0.717) is 17.1 Å². The number of hydrogen-bond acceptors (Lipinski definition) is 5. The lowest BCUT2D eigenvalue weighted by molar-refractivity contribution is -0.125. The molecule has 3 N–H and O–H groups in total. The number of amides is 2. The lowest BCUT2D eigenvalue weighted by atomic mass is 9.99. The predicted octanol–water partition coefficient (Wildman–Crippen LogP) is 4.25. The maximum Gasteiger partial charge on any atom is 0.265 e. The minimum absolute atomic E-state index is 0.167. The van der Waals surface area contributed by atoms with E-state index in [2.05, 4.69) is 5.43 Å². The van der Waals surface area contributed by atoms with Crippen molar-refractivity contribution in [2.45, 2.75) is 6.92 Å². The summed E-state index contributed by atoms with van der Waals surface area (Å²) in [6, 6.07) is 23.6. The Morgan fingerprint density at radius 1 is 0.944 bits per heavy atom. The van der Waals surface area contributed by atoms with Crippen LogP contribution in [0.25, 0.3) is 33.6 Å². The molecule has 0 saturated heterocycles. The second-order valence-corrected chi connectivity index (χ2v) is 8.52. The van der Waals surface area contributed by atoms with Crippen molar-refractivity contribution in [3.63, 3.8) is 0 Å². The van der Waals surface area contributed by atoms with Crippen LogP contribution < -0.4 is 20.9 Å². The largest absolute Gasteiger partial charge is 0.482 e. The van der Waals surface area contributed by atoms with Gasteiger partial charge in [-0.2, -0.15) is 0 Å². The number of halogens is 1. The number of aryl methyl sites for hydroxylation is 1. The van der Waals surface area contributed by atoms with Crippen molar-refractivity contribution in [1.29, 1.82) is 0 Å². The van der Waals surface area contributed by atoms with Gasteiger partial charge in [0.2, 0.25) is 0 Å². The molecule has 1 aromatic heterocycles. The van der Waals surface area contributed by atoms with Gasteiger partial charge in [-0.25, -0.2) is 15.2 Å². The minimum Gasteiger partial charge on any atom is -0.482 e. The van der Waals surface area contributed by atoms with Gasteiger partial charge in [-0.05, 0) is 60.5 Å². The molecule has 0 fully saturated rings. The third-order valence-electron chi connectivity index (χ3n) is 6.01. The maximum absolute atomic E-state index is 13.6. The fraction of sp³-hybridized carbons (Fsp3) is 0.107. The number of hydrazine groups is 1. The third-order valence-corrected chi connectivity index (χ3v) is 6.01. The van der Waals surface area contributed by atoms with E-state index in [9.17, 15) is 14.0 Å². The number of anilines is 1. The van der Waals surface area contributed by atoms with Crippen molar-refractivity contribution >= 4 is 17.5 Å². The molecular formula is C28H23FN4O3. The summed E-state index contributed by atoms with van der Waals surface area (Å²) in [5, 5.41) is 0. The van der Waals surface area contributed by atoms with Crippen LogP contribution in [-0.4, -0.2) is 29.9 Å². The van der Waals surface area contributed by atoms with Gasteiger partial charge in [0.15, 0.2) is 6.61 Å². The Balaban J connectivity index is 1.64. The molecule has 0 spiro atoms. The highest BCUT2D eigenvalue weighted by atomic mass is 19.1. The van der Waals surface area contributed by atoms with Crippen LogP contribution in [-0.2, 0) is 9.59 Å². The van der Waals surface area contributed by atoms with E-state index < -0.39 is 5.91 Å². The first kappa shape index (κ1) is 23.2. The van der Waals surface area contributed by atoms with Crippen molar-refractivity contribution < 1.29 is 18.7 Å². The summed E-state index contributed by atoms with van der Waals surface area (Å²) in [5.74, 6) is 4.56. The Bertz CT molecular complexity index is 1390. The molecule has 3 aromatic carbocycles. The normalized spacial score (nSPS) is 12.6. The average molecular weight is 483 g/mol. The maximum atomic E-state index is 13.6. The number of nitrogens with two attached hydrogens (primary N) is 1. The van der Waals surface area contributed by atoms with Crippen molar-refractivity contribution in [3.8, 4) is 39.4 Å². The molecule has 5 rings (SSSR count). The van der Waals surface area contributed by atoms with Crippen molar-refractivity contribution in [2.24, 2.45) is 5.84 Å². The van der Waals surface area contributed by atoms with Crippen LogP contribution in [0.5, 0.6) is 5.75 Å². The van der Waals surface area contributed by atoms with Gasteiger partial charge in [0.05, 0.1) is 17.1 Å². The van der Waals surface area contributed by atoms with Gasteiger partial charge in [-0.3, -0.25) is 19.9 Å². The first-order valence-corrected chi connectivity index (χ1v) is 11.3. The number of rotatable bonds is 5. The van der Waals surface area contributed by atoms with Gasteiger partial charge in [0.25, 0.3) is 11.8 Å². The van der Waals surface area contributed by atoms with E-state index in [1.807, 2.05) is 49.4 Å². The van der Waals surface area contributed by atoms with Crippen LogP contribution in [0, 0.1) is 12.7 Å². The number of fused-ring (bicyclic) bond motifs is 1. The molecule has 0 bridgehead atoms. The number of hydrogen-bond donors (Lipinski definition) is 2. The zero-order chi connectivity index (χ0) is 25.2. The van der Waals surface area contributed by atoms with Crippen molar-refractivity contribution in [1.82, 2.24) is 10.4 Å². The number of pyridine rings is 1. The molecule has 180 valence electrons. The van der Waals surface area contributed by atoms with E-state index in [1.165, 1.54) is 17.0 Å². The van der Waals surface area contributed by atoms with Gasteiger partial charge in [0.1, 0.15) is 18.1 Å². The number of carbonyl (C=O) groups is 2. The lowest BCUT2D eigenvalue weighted by Gasteiger charge is -2.29. The molecule has 36 heavy (non-hydrogen) atoms. The quantitative estimate of drug-likeness (QED) is 0.252. The number of nitrogens with one attached hydrogen (secondary N) is 1. The monoisotopic (exact) mass is 482 g/mol. The van der Waals surface area contributed by atoms with Gasteiger partial charge in [-0.15, -0.1) is 0 Å². The molecule has 0 unspecified atom stereocenters. The molecule has 4 aromatic rings. The second kappa shape index (κ2) is 9.59. The Morgan fingerprint density at radius 3 is 2.28 bits per heavy atom. The fourth-order valence-electron chi connectivity index (χ4n) is 4.08. The summed E-state index contributed by atoms with van der Waals surface area (Å²) in [7, 11) is 0. The lowest BCUT2D eigenvalue weighted by Crippen LogP contribution is -2.46. The number of carbonyl (C=O) groups excluding carboxylic acids is 2. The number of nitrogens with zero attached hydrogens (tertiary/aromatic N) is 2. The Kier molecular flexibility index (Phi) is 6.18. The molecule has 0 atom stereocenters. The average Bonchev–Trinajstić information content (AvgIpc) is 2.90. The minimum atomic E-state index is -0.500. The number of benzene rings is 3. The molecule has 8 heteroatoms. The van der Waals surface area contributed by atoms with Crippen LogP contribution in [0.1, 0.15) is 5.56 Å². The van der Waals surface area contributed by atoms with Gasteiger partial charge >= 0.3 is 0 Å². The molecule has 0 radical (unpaired) electrons. The molecule has 0 saturated carbocycles. The Labute approximate surface area is 207 Å². The molecule has 1 aliphatic heterocycles. The summed E-state index contributed by atoms with van der Waals surface area (Å²) >= 11 is 0. The summed E-state index contributed by atoms with van der Waals surface area (Å²) in [4.78, 5) is 30.7. The van der Waals surface area contributed by atoms with Crippen LogP contribution in [0.15, 0.2) is 78.9 Å². The number of aromatic nitrogens is 1. The standard InChI is InChI=1S/C28H23FN4O3/c1-17-2-4-19(5-3-17)23-12-21(18-6-9-22(29)10-7-18)13-24(31-23)20-8-11-26-25(14-20)33(15-27(34)32-30)28(35)16-36-26/h2-14H,15-16,30H2,1H3,(H,32,34). The van der Waals surface area contributed by atoms with E-state index >= 15 is 0 Å². The molecule has 1 aliphatic rings. The van der Waals surface area contributed by atoms with E-state index in [1.54, 1.807) is 24.3 Å². The van der Waals surface area contributed by atoms with Crippen LogP contribution >= 0.6 is 0 Å². The van der Waals surface area contributed by atoms with E-state index in [-0.39, 0.29) is 24.9 Å². The first-order chi connectivity index (χ1) is 17.4. The van der Waals surface area contributed by atoms with E-state index in [4.69, 9.17) is 15.6 Å². The molecular weight excluding hydrogens is 459 g/mol. The topological polar surface area (TPSA) is 97.6 Å². The third kappa shape index (κ3) is 4.67. The van der Waals surface area contributed by atoms with Crippen LogP contribution in [0.4, 0.5) is 10.1 Å². The predicted molar refractivity (Wildman–Crippen MR) is 135 cm³/mol. The number of ether oxygens (including phenoxy) is 1. The van der Waals surface area contributed by atoms with Gasteiger partial charge in [0, 0.05) is 11.1 Å². The molecule has 0 aliphatic carbocycles. The van der Waals surface area contributed by atoms with Crippen LogP contribution in [0.3, 0.4) is 0 Å². The second-order valence-electron chi connectivity index (χ2n) is 8.52. The zero-order valence-corrected chi connectivity index (χ0v) is 19.5. The molecule has 2 heterocycles. The van der Waals surface area contributed by atoms with Crippen molar-refractivity contribution in [2.75, 3.05) is 18.1 Å². The summed E-state index contributed by atoms with van der Waals surface area (Å²) in [5.41, 5.74) is 8.40. The zero-order valence-electron chi connectivity index (χ0n) is 19.5. The Morgan fingerprint density at radius 2 is 1.58 bits per heavy atom. The van der Waals surface area contributed by atoms with Crippen molar-refractivity contribution in [3.05, 3.63) is 90.2 Å². The smallest absolute Gasteiger partial charge is 0.265 e. The first-order valence-electron chi connectivity index (χ1n) is 11.3. The molecule has 2 amide bonds. The highest BCUT2D eigenvalue weighted by Gasteiger charge is 2.28. The van der Waals surface area contributed by atoms with E-state index in [0.717, 1.165) is 33.5 Å². The fourth-order valence-corrected chi connectivity index (χ4v) is 4.08. The molecule has 7 nitrogen and oxygen atoms in total. The highest BCUT2D eigenvalue weighted by molar-refractivity contribution is 6.02. The Hall–Kier alpha value is -4.56. The van der Waals surface area contributed by atoms with Gasteiger partial charge in [-0.1, -0.05) is 42.0 Å². The van der Waals surface area contributed by atoms with Crippen LogP contribution in [0.2, 0.25) is 0 Å². The summed E-state index contributed by atoms with van der Waals surface area (Å²) < 4.78 is 19.2. The summed E-state index contributed by atoms with van der Waals surface area (Å²) in [6.45, 7) is 1.62. The highest BCUT2D eigenvalue weighted by Crippen LogP contribution is 2.37. The van der Waals surface area contributed by atoms with Gasteiger partial charge < -0.3 is 4.74 Å².